The smallest absolute Gasteiger partial charge is 0.177 e. The Kier molecular flexibility index (Phi) is 3.01. The summed E-state index contributed by atoms with van der Waals surface area (Å²) in [6.07, 6.45) is 8.27. The van der Waals surface area contributed by atoms with Crippen LogP contribution in [0.25, 0.3) is 0 Å². The van der Waals surface area contributed by atoms with Crippen LogP contribution in [0.4, 0.5) is 0 Å². The Morgan fingerprint density at radius 2 is 2.29 bits per heavy atom. The minimum Gasteiger partial charge on any atom is -0.375 e. The lowest BCUT2D eigenvalue weighted by Gasteiger charge is -2.37. The number of rotatable bonds is 2. The fraction of sp³-hybridized carbons (Fsp3) is 0.692. The van der Waals surface area contributed by atoms with Gasteiger partial charge in [-0.25, -0.2) is 0 Å². The van der Waals surface area contributed by atoms with Crippen LogP contribution in [-0.2, 0) is 4.74 Å². The molecule has 1 aromatic heterocycles. The number of nitrogens with zero attached hydrogens (tertiary/aromatic N) is 1. The molecule has 3 nitrogen and oxygen atoms in total. The summed E-state index contributed by atoms with van der Waals surface area (Å²) in [6.45, 7) is 0.745. The van der Waals surface area contributed by atoms with E-state index in [-0.39, 0.29) is 17.3 Å². The Morgan fingerprint density at radius 3 is 3.00 bits per heavy atom. The Bertz CT molecular complexity index is 396. The van der Waals surface area contributed by atoms with Crippen LogP contribution in [0.5, 0.6) is 0 Å². The lowest BCUT2D eigenvalue weighted by molar-refractivity contribution is -0.0865. The van der Waals surface area contributed by atoms with E-state index >= 15 is 0 Å². The van der Waals surface area contributed by atoms with Gasteiger partial charge < -0.3 is 4.74 Å². The summed E-state index contributed by atoms with van der Waals surface area (Å²) in [4.78, 5) is 17.1. The molecule has 0 N–H and O–H groups in total. The quantitative estimate of drug-likeness (QED) is 0.758. The largest absolute Gasteiger partial charge is 0.375 e. The molecule has 2 fully saturated rings. The molecule has 0 amide bonds. The van der Waals surface area contributed by atoms with Crippen molar-refractivity contribution < 1.29 is 9.53 Å². The second-order valence-electron chi connectivity index (χ2n) is 5.16. The highest BCUT2D eigenvalue weighted by Crippen LogP contribution is 2.42. The van der Waals surface area contributed by atoms with E-state index in [9.17, 15) is 4.79 Å². The number of thiazole rings is 1. The molecule has 4 heteroatoms. The van der Waals surface area contributed by atoms with Gasteiger partial charge in [-0.15, -0.1) is 11.3 Å². The van der Waals surface area contributed by atoms with Crippen molar-refractivity contribution in [3.63, 3.8) is 0 Å². The highest BCUT2D eigenvalue weighted by atomic mass is 32.1. The Hall–Kier alpha value is -0.740. The fourth-order valence-electron chi connectivity index (χ4n) is 3.16. The summed E-state index contributed by atoms with van der Waals surface area (Å²) in [5, 5.41) is 0. The van der Waals surface area contributed by atoms with Crippen molar-refractivity contribution in [1.82, 2.24) is 4.98 Å². The first-order valence-corrected chi connectivity index (χ1v) is 7.24. The second kappa shape index (κ2) is 4.50. The van der Waals surface area contributed by atoms with E-state index in [4.69, 9.17) is 4.74 Å². The minimum atomic E-state index is 0.0310. The average molecular weight is 251 g/mol. The summed E-state index contributed by atoms with van der Waals surface area (Å²) < 4.78 is 5.96. The van der Waals surface area contributed by atoms with Gasteiger partial charge in [-0.2, -0.15) is 0 Å². The van der Waals surface area contributed by atoms with Gasteiger partial charge in [-0.3, -0.25) is 9.78 Å². The predicted octanol–water partition coefficient (Wildman–Crippen LogP) is 3.07. The molecule has 0 aromatic carbocycles. The number of ketones is 1. The maximum absolute atomic E-state index is 12.3. The number of ether oxygens (including phenoxy) is 1. The lowest BCUT2D eigenvalue weighted by Crippen LogP contribution is -2.39. The highest BCUT2D eigenvalue weighted by Gasteiger charge is 2.42. The van der Waals surface area contributed by atoms with Crippen molar-refractivity contribution in [2.24, 2.45) is 5.92 Å². The highest BCUT2D eigenvalue weighted by molar-refractivity contribution is 7.11. The monoisotopic (exact) mass is 251 g/mol. The van der Waals surface area contributed by atoms with Crippen molar-refractivity contribution in [1.29, 1.82) is 0 Å². The van der Waals surface area contributed by atoms with Crippen LogP contribution in [0.15, 0.2) is 11.7 Å². The van der Waals surface area contributed by atoms with Gasteiger partial charge in [0.25, 0.3) is 0 Å². The first-order chi connectivity index (χ1) is 8.29. The van der Waals surface area contributed by atoms with Gasteiger partial charge in [-0.1, -0.05) is 12.8 Å². The van der Waals surface area contributed by atoms with Crippen LogP contribution in [0.3, 0.4) is 0 Å². The van der Waals surface area contributed by atoms with Gasteiger partial charge in [-0.05, 0) is 25.7 Å². The molecule has 2 aliphatic rings. The van der Waals surface area contributed by atoms with E-state index in [1.807, 2.05) is 0 Å². The number of carbonyl (C=O) groups excluding carboxylic acids is 1. The molecule has 1 unspecified atom stereocenters. The molecule has 3 rings (SSSR count). The Morgan fingerprint density at radius 1 is 1.47 bits per heavy atom. The molecular weight excluding hydrogens is 234 g/mol. The van der Waals surface area contributed by atoms with E-state index in [1.165, 1.54) is 24.2 Å². The molecule has 1 aliphatic heterocycles. The van der Waals surface area contributed by atoms with Crippen molar-refractivity contribution in [3.05, 3.63) is 16.6 Å². The zero-order chi connectivity index (χ0) is 11.7. The third kappa shape index (κ3) is 2.16. The van der Waals surface area contributed by atoms with E-state index in [0.29, 0.717) is 0 Å². The van der Waals surface area contributed by atoms with Crippen LogP contribution in [-0.4, -0.2) is 23.0 Å². The summed E-state index contributed by atoms with van der Waals surface area (Å²) in [6, 6.07) is 0. The number of hydrogen-bond acceptors (Lipinski definition) is 4. The molecule has 0 bridgehead atoms. The molecule has 1 spiro atoms. The van der Waals surface area contributed by atoms with E-state index in [1.54, 1.807) is 11.7 Å². The number of hydrogen-bond donors (Lipinski definition) is 0. The van der Waals surface area contributed by atoms with Crippen LogP contribution in [0, 0.1) is 5.92 Å². The summed E-state index contributed by atoms with van der Waals surface area (Å²) in [7, 11) is 0. The van der Waals surface area contributed by atoms with Gasteiger partial charge in [0.2, 0.25) is 0 Å². The zero-order valence-corrected chi connectivity index (χ0v) is 10.7. The van der Waals surface area contributed by atoms with E-state index in [2.05, 4.69) is 4.98 Å². The fourth-order valence-corrected chi connectivity index (χ4v) is 3.80. The molecule has 17 heavy (non-hydrogen) atoms. The topological polar surface area (TPSA) is 39.2 Å². The average Bonchev–Trinajstić information content (AvgIpc) is 3.00. The molecule has 2 heterocycles. The Labute approximate surface area is 105 Å². The van der Waals surface area contributed by atoms with Gasteiger partial charge in [0.05, 0.1) is 16.0 Å². The van der Waals surface area contributed by atoms with Gasteiger partial charge in [0.15, 0.2) is 5.78 Å². The molecular formula is C13H17NO2S. The third-order valence-electron chi connectivity index (χ3n) is 4.05. The van der Waals surface area contributed by atoms with E-state index in [0.717, 1.165) is 37.2 Å². The normalized spacial score (nSPS) is 27.4. The molecule has 0 radical (unpaired) electrons. The minimum absolute atomic E-state index is 0.0310. The van der Waals surface area contributed by atoms with Crippen LogP contribution in [0.2, 0.25) is 0 Å². The predicted molar refractivity (Wildman–Crippen MR) is 66.3 cm³/mol. The van der Waals surface area contributed by atoms with Crippen LogP contribution < -0.4 is 0 Å². The van der Waals surface area contributed by atoms with Crippen LogP contribution in [0.1, 0.15) is 48.2 Å². The molecule has 1 saturated carbocycles. The van der Waals surface area contributed by atoms with Crippen LogP contribution >= 0.6 is 11.3 Å². The van der Waals surface area contributed by atoms with Crippen molar-refractivity contribution in [3.8, 4) is 0 Å². The number of carbonyl (C=O) groups is 1. The second-order valence-corrected chi connectivity index (χ2v) is 6.04. The standard InChI is InChI=1S/C13H17NO2S/c15-12(11-8-14-9-17-11)10-3-6-16-13(7-10)4-1-2-5-13/h8-10H,1-7H2. The van der Waals surface area contributed by atoms with Gasteiger partial charge in [0, 0.05) is 18.7 Å². The van der Waals surface area contributed by atoms with Crippen molar-refractivity contribution >= 4 is 17.1 Å². The maximum atomic E-state index is 12.3. The summed E-state index contributed by atoms with van der Waals surface area (Å²) in [5.74, 6) is 0.435. The van der Waals surface area contributed by atoms with Crippen molar-refractivity contribution in [2.45, 2.75) is 44.1 Å². The number of aromatic nitrogens is 1. The van der Waals surface area contributed by atoms with E-state index < -0.39 is 0 Å². The SMILES string of the molecule is O=C(c1cncs1)C1CCOC2(CCCC2)C1. The maximum Gasteiger partial charge on any atom is 0.177 e. The summed E-state index contributed by atoms with van der Waals surface area (Å²) >= 11 is 1.45. The van der Waals surface area contributed by atoms with Crippen molar-refractivity contribution in [2.75, 3.05) is 6.61 Å². The van der Waals surface area contributed by atoms with Gasteiger partial charge in [0.1, 0.15) is 0 Å². The lowest BCUT2D eigenvalue weighted by atomic mass is 9.82. The molecule has 1 saturated heterocycles. The molecule has 92 valence electrons. The first-order valence-electron chi connectivity index (χ1n) is 6.36. The summed E-state index contributed by atoms with van der Waals surface area (Å²) in [5.41, 5.74) is 1.77. The Balaban J connectivity index is 1.73. The third-order valence-corrected chi connectivity index (χ3v) is 4.84. The molecule has 1 atom stereocenters. The zero-order valence-electron chi connectivity index (χ0n) is 9.85. The van der Waals surface area contributed by atoms with Gasteiger partial charge >= 0.3 is 0 Å². The first kappa shape index (κ1) is 11.4. The molecule has 1 aromatic rings. The molecule has 1 aliphatic carbocycles. The number of Topliss-reactive ketones (excluding diaryl/α,β-unsaturated/α-hetero) is 1.